The normalized spacial score (nSPS) is 11.1. The molecule has 2 aromatic carbocycles. The molecule has 4 rings (SSSR count). The van der Waals surface area contributed by atoms with Gasteiger partial charge in [-0.15, -0.1) is 0 Å². The highest BCUT2D eigenvalue weighted by Crippen LogP contribution is 2.28. The summed E-state index contributed by atoms with van der Waals surface area (Å²) in [6, 6.07) is 9.54. The summed E-state index contributed by atoms with van der Waals surface area (Å²) in [7, 11) is 1.47. The molecular formula is C22H17NO5. The van der Waals surface area contributed by atoms with Crippen LogP contribution in [-0.2, 0) is 0 Å². The largest absolute Gasteiger partial charge is 0.507 e. The van der Waals surface area contributed by atoms with E-state index in [4.69, 9.17) is 9.15 Å². The summed E-state index contributed by atoms with van der Waals surface area (Å²) in [5.74, 6) is -0.209. The van der Waals surface area contributed by atoms with Gasteiger partial charge in [0, 0.05) is 17.1 Å². The number of nitrogens with zero attached hydrogens (tertiary/aromatic N) is 1. The molecule has 2 aromatic heterocycles. The Morgan fingerprint density at radius 1 is 1.07 bits per heavy atom. The molecule has 1 N–H and O–H groups in total. The van der Waals surface area contributed by atoms with Gasteiger partial charge in [0.15, 0.2) is 5.78 Å². The minimum atomic E-state index is -0.567. The molecule has 140 valence electrons. The van der Waals surface area contributed by atoms with Crippen molar-refractivity contribution < 1.29 is 19.1 Å². The van der Waals surface area contributed by atoms with E-state index in [9.17, 15) is 14.7 Å². The Kier molecular flexibility index (Phi) is 4.11. The summed E-state index contributed by atoms with van der Waals surface area (Å²) >= 11 is 0. The number of aromatic hydroxyl groups is 1. The lowest BCUT2D eigenvalue weighted by Crippen LogP contribution is -2.07. The number of hydrogen-bond donors (Lipinski definition) is 1. The van der Waals surface area contributed by atoms with E-state index >= 15 is 0 Å². The number of pyridine rings is 1. The zero-order chi connectivity index (χ0) is 20.0. The third-order valence-corrected chi connectivity index (χ3v) is 4.87. The minimum absolute atomic E-state index is 0.0668. The molecule has 6 heteroatoms. The number of carbonyl (C=O) groups is 1. The highest BCUT2D eigenvalue weighted by Gasteiger charge is 2.18. The highest BCUT2D eigenvalue weighted by molar-refractivity contribution is 6.13. The van der Waals surface area contributed by atoms with Crippen LogP contribution in [0, 0.1) is 13.8 Å². The number of hydrogen-bond acceptors (Lipinski definition) is 6. The van der Waals surface area contributed by atoms with Gasteiger partial charge < -0.3 is 14.3 Å². The fourth-order valence-corrected chi connectivity index (χ4v) is 3.15. The van der Waals surface area contributed by atoms with Crippen LogP contribution < -0.4 is 10.4 Å². The first-order chi connectivity index (χ1) is 13.4. The molecule has 0 saturated carbocycles. The first kappa shape index (κ1) is 17.7. The van der Waals surface area contributed by atoms with Crippen molar-refractivity contribution in [2.45, 2.75) is 13.8 Å². The van der Waals surface area contributed by atoms with Crippen LogP contribution in [0.4, 0.5) is 0 Å². The number of phenols is 1. The lowest BCUT2D eigenvalue weighted by atomic mass is 10.0. The third kappa shape index (κ3) is 2.79. The number of aromatic nitrogens is 1. The van der Waals surface area contributed by atoms with Crippen LogP contribution in [0.15, 0.2) is 51.8 Å². The standard InChI is InChI=1S/C22H17NO5/c1-11-6-16-19(7-12(11)2)28-22(26)17-8-13(10-23-20(16)17)21(25)15-9-14(27-3)4-5-18(15)24/h4-10,24H,1-3H3. The summed E-state index contributed by atoms with van der Waals surface area (Å²) in [6.07, 6.45) is 1.40. The number of ether oxygens (including phenoxy) is 1. The maximum absolute atomic E-state index is 12.9. The molecule has 4 aromatic rings. The number of ketones is 1. The first-order valence-corrected chi connectivity index (χ1v) is 8.64. The topological polar surface area (TPSA) is 89.6 Å². The van der Waals surface area contributed by atoms with Crippen LogP contribution in [0.3, 0.4) is 0 Å². The Morgan fingerprint density at radius 2 is 1.82 bits per heavy atom. The number of carbonyl (C=O) groups excluding carboxylic acids is 1. The second-order valence-electron chi connectivity index (χ2n) is 6.65. The number of benzene rings is 2. The lowest BCUT2D eigenvalue weighted by Gasteiger charge is -2.08. The maximum Gasteiger partial charge on any atom is 0.345 e. The molecule has 0 spiro atoms. The van der Waals surface area contributed by atoms with Crippen LogP contribution in [-0.4, -0.2) is 23.0 Å². The SMILES string of the molecule is COc1ccc(O)c(C(=O)c2cnc3c(c2)c(=O)oc2cc(C)c(C)cc23)c1. The molecule has 0 radical (unpaired) electrons. The van der Waals surface area contributed by atoms with E-state index in [2.05, 4.69) is 4.98 Å². The second kappa shape index (κ2) is 6.49. The number of aryl methyl sites for hydroxylation is 2. The predicted octanol–water partition coefficient (Wildman–Crippen LogP) is 3.90. The molecule has 6 nitrogen and oxygen atoms in total. The summed E-state index contributed by atoms with van der Waals surface area (Å²) in [6.45, 7) is 3.91. The Bertz CT molecular complexity index is 1320. The molecule has 2 heterocycles. The van der Waals surface area contributed by atoms with Gasteiger partial charge in [0.05, 0.1) is 23.6 Å². The summed E-state index contributed by atoms with van der Waals surface area (Å²) < 4.78 is 10.5. The van der Waals surface area contributed by atoms with E-state index in [-0.39, 0.29) is 22.3 Å². The van der Waals surface area contributed by atoms with Crippen molar-refractivity contribution in [1.29, 1.82) is 0 Å². The van der Waals surface area contributed by atoms with Gasteiger partial charge in [-0.2, -0.15) is 0 Å². The first-order valence-electron chi connectivity index (χ1n) is 8.64. The van der Waals surface area contributed by atoms with E-state index in [1.54, 1.807) is 12.1 Å². The molecule has 0 aliphatic rings. The Morgan fingerprint density at radius 3 is 2.57 bits per heavy atom. The zero-order valence-electron chi connectivity index (χ0n) is 15.6. The average Bonchev–Trinajstić information content (AvgIpc) is 2.69. The monoisotopic (exact) mass is 375 g/mol. The number of fused-ring (bicyclic) bond motifs is 3. The van der Waals surface area contributed by atoms with Gasteiger partial charge in [-0.3, -0.25) is 9.78 Å². The second-order valence-corrected chi connectivity index (χ2v) is 6.65. The zero-order valence-corrected chi connectivity index (χ0v) is 15.6. The average molecular weight is 375 g/mol. The van der Waals surface area contributed by atoms with Crippen LogP contribution in [0.5, 0.6) is 11.5 Å². The van der Waals surface area contributed by atoms with Crippen molar-refractivity contribution in [2.24, 2.45) is 0 Å². The summed E-state index contributed by atoms with van der Waals surface area (Å²) in [4.78, 5) is 29.7. The number of methoxy groups -OCH3 is 1. The molecular weight excluding hydrogens is 358 g/mol. The molecule has 0 aliphatic carbocycles. The Balaban J connectivity index is 1.92. The number of rotatable bonds is 3. The molecule has 0 amide bonds. The predicted molar refractivity (Wildman–Crippen MR) is 105 cm³/mol. The van der Waals surface area contributed by atoms with Gasteiger partial charge in [-0.25, -0.2) is 4.79 Å². The summed E-state index contributed by atoms with van der Waals surface area (Å²) in [5.41, 5.74) is 2.66. The van der Waals surface area contributed by atoms with E-state index in [1.165, 1.54) is 31.5 Å². The molecule has 0 aliphatic heterocycles. The van der Waals surface area contributed by atoms with Crippen LogP contribution in [0.25, 0.3) is 21.9 Å². The molecule has 0 bridgehead atoms. The molecule has 0 unspecified atom stereocenters. The van der Waals surface area contributed by atoms with E-state index in [0.717, 1.165) is 11.1 Å². The van der Waals surface area contributed by atoms with Crippen molar-refractivity contribution in [2.75, 3.05) is 7.11 Å². The minimum Gasteiger partial charge on any atom is -0.507 e. The Hall–Kier alpha value is -3.67. The van der Waals surface area contributed by atoms with Crippen molar-refractivity contribution in [3.63, 3.8) is 0 Å². The van der Waals surface area contributed by atoms with Gasteiger partial charge in [-0.1, -0.05) is 0 Å². The molecule has 28 heavy (non-hydrogen) atoms. The lowest BCUT2D eigenvalue weighted by molar-refractivity contribution is 0.103. The van der Waals surface area contributed by atoms with Crippen molar-refractivity contribution in [1.82, 2.24) is 4.98 Å². The maximum atomic E-state index is 12.9. The third-order valence-electron chi connectivity index (χ3n) is 4.87. The molecule has 0 saturated heterocycles. The summed E-state index contributed by atoms with van der Waals surface area (Å²) in [5, 5.41) is 11.0. The van der Waals surface area contributed by atoms with Gasteiger partial charge >= 0.3 is 5.63 Å². The van der Waals surface area contributed by atoms with Crippen molar-refractivity contribution >= 4 is 27.7 Å². The van der Waals surface area contributed by atoms with Crippen LogP contribution >= 0.6 is 0 Å². The smallest absolute Gasteiger partial charge is 0.345 e. The molecule has 0 atom stereocenters. The quantitative estimate of drug-likeness (QED) is 0.332. The highest BCUT2D eigenvalue weighted by atomic mass is 16.5. The van der Waals surface area contributed by atoms with Crippen molar-refractivity contribution in [3.8, 4) is 11.5 Å². The van der Waals surface area contributed by atoms with Crippen molar-refractivity contribution in [3.05, 3.63) is 75.3 Å². The number of phenolic OH excluding ortho intramolecular Hbond substituents is 1. The fourth-order valence-electron chi connectivity index (χ4n) is 3.15. The van der Waals surface area contributed by atoms with Gasteiger partial charge in [0.1, 0.15) is 17.1 Å². The van der Waals surface area contributed by atoms with Gasteiger partial charge in [-0.05, 0) is 61.4 Å². The van der Waals surface area contributed by atoms with Gasteiger partial charge in [0.25, 0.3) is 0 Å². The van der Waals surface area contributed by atoms with E-state index in [1.807, 2.05) is 19.9 Å². The van der Waals surface area contributed by atoms with E-state index < -0.39 is 11.4 Å². The Labute approximate surface area is 160 Å². The molecule has 0 fully saturated rings. The van der Waals surface area contributed by atoms with Crippen LogP contribution in [0.2, 0.25) is 0 Å². The van der Waals surface area contributed by atoms with Crippen LogP contribution in [0.1, 0.15) is 27.0 Å². The fraction of sp³-hybridized carbons (Fsp3) is 0.136. The van der Waals surface area contributed by atoms with Gasteiger partial charge in [0.2, 0.25) is 0 Å². The van der Waals surface area contributed by atoms with E-state index in [0.29, 0.717) is 22.2 Å².